The third-order valence-corrected chi connectivity index (χ3v) is 6.36. The number of hydrogen-bond donors (Lipinski definition) is 1. The fourth-order valence-electron chi connectivity index (χ4n) is 4.16. The molecule has 104 valence electrons. The Morgan fingerprint density at radius 1 is 1.10 bits per heavy atom. The average molecular weight is 284 g/mol. The molecule has 1 aromatic carbocycles. The van der Waals surface area contributed by atoms with Crippen LogP contribution >= 0.6 is 11.3 Å². The molecule has 2 aromatic rings. The lowest BCUT2D eigenvalue weighted by Gasteiger charge is -2.34. The normalized spacial score (nSPS) is 32.1. The Bertz CT molecular complexity index is 612. The van der Waals surface area contributed by atoms with E-state index in [0.717, 1.165) is 24.2 Å². The maximum atomic E-state index is 3.81. The van der Waals surface area contributed by atoms with Crippen LogP contribution in [0, 0.1) is 0 Å². The molecule has 2 bridgehead atoms. The lowest BCUT2D eigenvalue weighted by molar-refractivity contribution is 0.465. The molecule has 5 rings (SSSR count). The van der Waals surface area contributed by atoms with Crippen LogP contribution in [-0.2, 0) is 0 Å². The molecule has 3 heteroatoms. The molecular formula is C17H20N2S. The highest BCUT2D eigenvalue weighted by atomic mass is 32.1. The average Bonchev–Trinajstić information content (AvgIpc) is 2.90. The van der Waals surface area contributed by atoms with Gasteiger partial charge in [0.1, 0.15) is 0 Å². The van der Waals surface area contributed by atoms with Gasteiger partial charge in [-0.15, -0.1) is 11.3 Å². The minimum absolute atomic E-state index is 0.741. The number of thiophene rings is 1. The Balaban J connectivity index is 1.54. The zero-order valence-corrected chi connectivity index (χ0v) is 12.4. The first-order valence-corrected chi connectivity index (χ1v) is 8.73. The Morgan fingerprint density at radius 3 is 2.70 bits per heavy atom. The van der Waals surface area contributed by atoms with E-state index in [2.05, 4.69) is 40.5 Å². The third-order valence-electron chi connectivity index (χ3n) is 5.23. The van der Waals surface area contributed by atoms with E-state index in [-0.39, 0.29) is 0 Å². The molecule has 0 unspecified atom stereocenters. The fraction of sp³-hybridized carbons (Fsp3) is 0.529. The fourth-order valence-corrected chi connectivity index (χ4v) is 5.36. The van der Waals surface area contributed by atoms with Gasteiger partial charge in [-0.05, 0) is 49.6 Å². The summed E-state index contributed by atoms with van der Waals surface area (Å²) in [5, 5.41) is 6.73. The molecule has 3 aliphatic rings. The van der Waals surface area contributed by atoms with Crippen molar-refractivity contribution in [2.45, 2.75) is 56.3 Å². The van der Waals surface area contributed by atoms with E-state index in [9.17, 15) is 0 Å². The maximum Gasteiger partial charge on any atom is 0.0926 e. The van der Waals surface area contributed by atoms with E-state index >= 15 is 0 Å². The van der Waals surface area contributed by atoms with E-state index in [1.807, 2.05) is 11.3 Å². The van der Waals surface area contributed by atoms with Gasteiger partial charge in [-0.25, -0.2) is 0 Å². The number of hydrogen-bond acceptors (Lipinski definition) is 3. The van der Waals surface area contributed by atoms with Crippen molar-refractivity contribution in [2.75, 3.05) is 4.90 Å². The van der Waals surface area contributed by atoms with Gasteiger partial charge in [-0.1, -0.05) is 18.2 Å². The van der Waals surface area contributed by atoms with Crippen molar-refractivity contribution in [1.29, 1.82) is 0 Å². The van der Waals surface area contributed by atoms with Gasteiger partial charge in [-0.2, -0.15) is 0 Å². The number of nitrogens with zero attached hydrogens (tertiary/aromatic N) is 1. The van der Waals surface area contributed by atoms with Crippen LogP contribution in [0.1, 0.15) is 32.1 Å². The lowest BCUT2D eigenvalue weighted by Crippen LogP contribution is -2.44. The topological polar surface area (TPSA) is 15.3 Å². The summed E-state index contributed by atoms with van der Waals surface area (Å²) < 4.78 is 1.43. The Hall–Kier alpha value is -1.06. The zero-order chi connectivity index (χ0) is 13.1. The van der Waals surface area contributed by atoms with E-state index in [1.165, 1.54) is 47.2 Å². The molecule has 3 atom stereocenters. The summed E-state index contributed by atoms with van der Waals surface area (Å²) in [5.41, 5.74) is 0. The molecule has 0 radical (unpaired) electrons. The highest BCUT2D eigenvalue weighted by molar-refractivity contribution is 7.22. The van der Waals surface area contributed by atoms with Gasteiger partial charge in [0.2, 0.25) is 0 Å². The molecule has 1 N–H and O–H groups in total. The van der Waals surface area contributed by atoms with Gasteiger partial charge in [0.15, 0.2) is 0 Å². The van der Waals surface area contributed by atoms with E-state index < -0.39 is 0 Å². The van der Waals surface area contributed by atoms with Crippen molar-refractivity contribution >= 4 is 26.4 Å². The second-order valence-corrected chi connectivity index (χ2v) is 7.67. The van der Waals surface area contributed by atoms with E-state index in [4.69, 9.17) is 0 Å². The van der Waals surface area contributed by atoms with E-state index in [1.54, 1.807) is 0 Å². The molecule has 20 heavy (non-hydrogen) atoms. The van der Waals surface area contributed by atoms with Gasteiger partial charge >= 0.3 is 0 Å². The van der Waals surface area contributed by atoms with Gasteiger partial charge in [0, 0.05) is 28.9 Å². The quantitative estimate of drug-likeness (QED) is 0.923. The van der Waals surface area contributed by atoms with Crippen molar-refractivity contribution in [3.8, 4) is 0 Å². The molecule has 0 spiro atoms. The molecule has 2 nitrogen and oxygen atoms in total. The van der Waals surface area contributed by atoms with Crippen molar-refractivity contribution in [2.24, 2.45) is 0 Å². The van der Waals surface area contributed by atoms with Crippen LogP contribution in [0.4, 0.5) is 5.00 Å². The molecule has 0 amide bonds. The summed E-state index contributed by atoms with van der Waals surface area (Å²) >= 11 is 1.99. The maximum absolute atomic E-state index is 3.81. The first-order chi connectivity index (χ1) is 9.88. The summed E-state index contributed by atoms with van der Waals surface area (Å²) in [6.07, 6.45) is 6.91. The Morgan fingerprint density at radius 2 is 2.00 bits per heavy atom. The van der Waals surface area contributed by atoms with E-state index in [0.29, 0.717) is 0 Å². The van der Waals surface area contributed by atoms with Crippen molar-refractivity contribution in [3.05, 3.63) is 30.3 Å². The highest BCUT2D eigenvalue weighted by Gasteiger charge is 2.46. The van der Waals surface area contributed by atoms with Gasteiger partial charge in [0.25, 0.3) is 0 Å². The van der Waals surface area contributed by atoms with Crippen LogP contribution in [-0.4, -0.2) is 24.2 Å². The first kappa shape index (κ1) is 11.6. The number of fused-ring (bicyclic) bond motifs is 3. The van der Waals surface area contributed by atoms with Gasteiger partial charge < -0.3 is 10.2 Å². The Labute approximate surface area is 123 Å². The summed E-state index contributed by atoms with van der Waals surface area (Å²) in [6, 6.07) is 14.3. The van der Waals surface area contributed by atoms with Crippen LogP contribution < -0.4 is 10.2 Å². The molecule has 1 aliphatic carbocycles. The van der Waals surface area contributed by atoms with Crippen LogP contribution in [0.15, 0.2) is 30.3 Å². The van der Waals surface area contributed by atoms with Crippen LogP contribution in [0.2, 0.25) is 0 Å². The third kappa shape index (κ3) is 1.73. The SMILES string of the molecule is c1ccc2sc(N(C3CC3)[C@@H]3C[C@H]4CC[C@@H]3N4)cc2c1. The van der Waals surface area contributed by atoms with Crippen LogP contribution in [0.5, 0.6) is 0 Å². The predicted molar refractivity (Wildman–Crippen MR) is 85.7 cm³/mol. The largest absolute Gasteiger partial charge is 0.356 e. The van der Waals surface area contributed by atoms with Crippen LogP contribution in [0.25, 0.3) is 10.1 Å². The predicted octanol–water partition coefficient (Wildman–Crippen LogP) is 3.76. The summed E-state index contributed by atoms with van der Waals surface area (Å²) in [6.45, 7) is 0. The van der Waals surface area contributed by atoms with Gasteiger partial charge in [0.05, 0.1) is 5.00 Å². The molecule has 1 aromatic heterocycles. The van der Waals surface area contributed by atoms with Crippen molar-refractivity contribution in [3.63, 3.8) is 0 Å². The summed E-state index contributed by atoms with van der Waals surface area (Å²) in [4.78, 5) is 2.78. The molecule has 3 heterocycles. The molecule has 2 aliphatic heterocycles. The zero-order valence-electron chi connectivity index (χ0n) is 11.6. The molecule has 3 fully saturated rings. The summed E-state index contributed by atoms with van der Waals surface area (Å²) in [7, 11) is 0. The van der Waals surface area contributed by atoms with Crippen molar-refractivity contribution < 1.29 is 0 Å². The molecular weight excluding hydrogens is 264 g/mol. The Kier molecular flexibility index (Phi) is 2.44. The number of anilines is 1. The second kappa shape index (κ2) is 4.22. The number of nitrogens with one attached hydrogen (secondary N) is 1. The molecule has 1 saturated carbocycles. The monoisotopic (exact) mass is 284 g/mol. The minimum atomic E-state index is 0.741. The first-order valence-electron chi connectivity index (χ1n) is 7.91. The van der Waals surface area contributed by atoms with Crippen molar-refractivity contribution in [1.82, 2.24) is 5.32 Å². The number of rotatable bonds is 3. The smallest absolute Gasteiger partial charge is 0.0926 e. The summed E-state index contributed by atoms with van der Waals surface area (Å²) in [5.74, 6) is 0. The van der Waals surface area contributed by atoms with Gasteiger partial charge in [-0.3, -0.25) is 0 Å². The highest BCUT2D eigenvalue weighted by Crippen LogP contribution is 2.44. The number of benzene rings is 1. The standard InChI is InChI=1S/C17H20N2S/c1-2-4-16-11(3-1)9-17(20-16)19(13-6-7-13)15-10-12-5-8-14(15)18-12/h1-4,9,12-15,18H,5-8,10H2/t12-,14+,15-/m1/s1. The molecule has 2 saturated heterocycles. The lowest BCUT2D eigenvalue weighted by atomic mass is 9.94. The second-order valence-electron chi connectivity index (χ2n) is 6.61. The minimum Gasteiger partial charge on any atom is -0.356 e. The van der Waals surface area contributed by atoms with Crippen LogP contribution in [0.3, 0.4) is 0 Å².